The molecule has 0 fully saturated rings. The Morgan fingerprint density at radius 2 is 2.22 bits per heavy atom. The average Bonchev–Trinajstić information content (AvgIpc) is 2.81. The Bertz CT molecular complexity index is 759. The molecule has 0 aliphatic carbocycles. The van der Waals surface area contributed by atoms with Crippen LogP contribution in [0.25, 0.3) is 0 Å². The van der Waals surface area contributed by atoms with E-state index in [1.807, 2.05) is 13.8 Å². The number of sulfonamides is 1. The zero-order chi connectivity index (χ0) is 17.3. The molecule has 1 aliphatic rings. The molecule has 1 heterocycles. The van der Waals surface area contributed by atoms with Crippen LogP contribution in [-0.4, -0.2) is 43.8 Å². The summed E-state index contributed by atoms with van der Waals surface area (Å²) in [5.74, 6) is -0.0301. The van der Waals surface area contributed by atoms with Gasteiger partial charge in [0.05, 0.1) is 16.5 Å². The molecule has 1 aliphatic heterocycles. The first kappa shape index (κ1) is 17.6. The predicted molar refractivity (Wildman–Crippen MR) is 90.4 cm³/mol. The van der Waals surface area contributed by atoms with Gasteiger partial charge in [0.2, 0.25) is 5.96 Å². The van der Waals surface area contributed by atoms with Crippen LogP contribution < -0.4 is 4.72 Å². The van der Waals surface area contributed by atoms with Crippen LogP contribution in [0.5, 0.6) is 5.75 Å². The molecule has 1 aromatic rings. The van der Waals surface area contributed by atoms with Crippen molar-refractivity contribution in [3.05, 3.63) is 23.2 Å². The van der Waals surface area contributed by atoms with Crippen LogP contribution in [0.1, 0.15) is 20.8 Å². The lowest BCUT2D eigenvalue weighted by Crippen LogP contribution is -2.42. The summed E-state index contributed by atoms with van der Waals surface area (Å²) in [5, 5.41) is 15.1. The summed E-state index contributed by atoms with van der Waals surface area (Å²) in [6.45, 7) is 6.71. The van der Waals surface area contributed by atoms with Gasteiger partial charge in [0.15, 0.2) is 0 Å². The zero-order valence-corrected chi connectivity index (χ0v) is 14.7. The molecule has 1 aromatic carbocycles. The Kier molecular flexibility index (Phi) is 4.86. The van der Waals surface area contributed by atoms with Crippen LogP contribution in [-0.2, 0) is 10.0 Å². The molecule has 0 amide bonds. The molecular weight excluding hydrogens is 340 g/mol. The van der Waals surface area contributed by atoms with Gasteiger partial charge < -0.3 is 5.11 Å². The second kappa shape index (κ2) is 6.37. The van der Waals surface area contributed by atoms with Crippen molar-refractivity contribution >= 4 is 33.8 Å². The lowest BCUT2D eigenvalue weighted by Gasteiger charge is -2.21. The van der Waals surface area contributed by atoms with E-state index in [4.69, 9.17) is 11.6 Å². The van der Waals surface area contributed by atoms with E-state index in [-0.39, 0.29) is 27.0 Å². The van der Waals surface area contributed by atoms with Crippen LogP contribution in [0.2, 0.25) is 5.02 Å². The minimum absolute atomic E-state index is 0.0396. The number of hydrogen-bond acceptors (Lipinski definition) is 5. The third-order valence-electron chi connectivity index (χ3n) is 3.11. The fourth-order valence-corrected chi connectivity index (χ4v) is 3.27. The Morgan fingerprint density at radius 3 is 2.74 bits per heavy atom. The van der Waals surface area contributed by atoms with Gasteiger partial charge in [-0.3, -0.25) is 4.99 Å². The highest BCUT2D eigenvalue weighted by molar-refractivity contribution is 7.90. The fraction of sp³-hybridized carbons (Fsp3) is 0.429. The number of guanidine groups is 1. The van der Waals surface area contributed by atoms with E-state index >= 15 is 0 Å². The lowest BCUT2D eigenvalue weighted by molar-refractivity contribution is 0.379. The predicted octanol–water partition coefficient (Wildman–Crippen LogP) is 2.03. The van der Waals surface area contributed by atoms with E-state index in [2.05, 4.69) is 14.8 Å². The second-order valence-corrected chi connectivity index (χ2v) is 7.90. The summed E-state index contributed by atoms with van der Waals surface area (Å²) in [6.07, 6.45) is 1.75. The minimum atomic E-state index is -3.89. The van der Waals surface area contributed by atoms with Gasteiger partial charge in [-0.15, -0.1) is 0 Å². The second-order valence-electron chi connectivity index (χ2n) is 5.81. The standard InChI is InChI=1S/C14H19ClN4O3S/c1-4-16-13(19-9-14(2,3)8-17-19)18-23(21,22)10-5-6-12(20)11(15)7-10/h5-8,20H,4,9H2,1-3H3,(H,16,18). The molecule has 0 atom stereocenters. The van der Waals surface area contributed by atoms with E-state index in [0.29, 0.717) is 13.1 Å². The quantitative estimate of drug-likeness (QED) is 0.638. The zero-order valence-electron chi connectivity index (χ0n) is 13.1. The van der Waals surface area contributed by atoms with Crippen LogP contribution in [0, 0.1) is 5.41 Å². The third-order valence-corrected chi connectivity index (χ3v) is 4.74. The van der Waals surface area contributed by atoms with Crippen LogP contribution in [0.4, 0.5) is 0 Å². The summed E-state index contributed by atoms with van der Waals surface area (Å²) < 4.78 is 27.4. The first-order valence-electron chi connectivity index (χ1n) is 7.03. The SMILES string of the molecule is CCN=C(NS(=O)(=O)c1ccc(O)c(Cl)c1)N1CC(C)(C)C=N1. The highest BCUT2D eigenvalue weighted by Gasteiger charge is 2.30. The van der Waals surface area contributed by atoms with E-state index < -0.39 is 10.0 Å². The van der Waals surface area contributed by atoms with Crippen molar-refractivity contribution in [1.29, 1.82) is 0 Å². The average molecular weight is 359 g/mol. The Labute approximate surface area is 140 Å². The molecule has 0 saturated carbocycles. The van der Waals surface area contributed by atoms with Crippen molar-refractivity contribution in [1.82, 2.24) is 9.73 Å². The largest absolute Gasteiger partial charge is 0.506 e. The molecule has 0 aromatic heterocycles. The summed E-state index contributed by atoms with van der Waals surface area (Å²) in [4.78, 5) is 4.12. The maximum atomic E-state index is 12.5. The van der Waals surface area contributed by atoms with Gasteiger partial charge in [0, 0.05) is 18.2 Å². The number of nitrogens with zero attached hydrogens (tertiary/aromatic N) is 3. The van der Waals surface area contributed by atoms with Gasteiger partial charge in [-0.2, -0.15) is 5.10 Å². The Hall–Kier alpha value is -1.80. The minimum Gasteiger partial charge on any atom is -0.506 e. The normalized spacial score (nSPS) is 17.6. The first-order valence-corrected chi connectivity index (χ1v) is 8.89. The van der Waals surface area contributed by atoms with Crippen LogP contribution in [0.3, 0.4) is 0 Å². The molecule has 0 radical (unpaired) electrons. The maximum Gasteiger partial charge on any atom is 0.264 e. The van der Waals surface area contributed by atoms with Gasteiger partial charge in [0.1, 0.15) is 5.75 Å². The molecule has 23 heavy (non-hydrogen) atoms. The van der Waals surface area contributed by atoms with Gasteiger partial charge in [-0.05, 0) is 25.1 Å². The number of halogens is 1. The molecule has 126 valence electrons. The van der Waals surface area contributed by atoms with Gasteiger partial charge in [-0.25, -0.2) is 18.1 Å². The van der Waals surface area contributed by atoms with Crippen LogP contribution in [0.15, 0.2) is 33.2 Å². The molecule has 9 heteroatoms. The van der Waals surface area contributed by atoms with Crippen molar-refractivity contribution in [2.45, 2.75) is 25.7 Å². The number of nitrogens with one attached hydrogen (secondary N) is 1. The molecule has 7 nitrogen and oxygen atoms in total. The van der Waals surface area contributed by atoms with Crippen molar-refractivity contribution in [3.8, 4) is 5.75 Å². The number of aliphatic imine (C=N–C) groups is 1. The van der Waals surface area contributed by atoms with Crippen molar-refractivity contribution in [3.63, 3.8) is 0 Å². The van der Waals surface area contributed by atoms with Crippen molar-refractivity contribution in [2.75, 3.05) is 13.1 Å². The number of benzene rings is 1. The number of rotatable bonds is 3. The number of hydrazone groups is 1. The molecular formula is C14H19ClN4O3S. The summed E-state index contributed by atoms with van der Waals surface area (Å²) in [5.41, 5.74) is -0.165. The lowest BCUT2D eigenvalue weighted by atomic mass is 9.97. The Morgan fingerprint density at radius 1 is 1.52 bits per heavy atom. The van der Waals surface area contributed by atoms with E-state index in [1.54, 1.807) is 13.1 Å². The smallest absolute Gasteiger partial charge is 0.264 e. The summed E-state index contributed by atoms with van der Waals surface area (Å²) in [7, 11) is -3.89. The highest BCUT2D eigenvalue weighted by atomic mass is 35.5. The number of aromatic hydroxyl groups is 1. The van der Waals surface area contributed by atoms with Crippen molar-refractivity contribution in [2.24, 2.45) is 15.5 Å². The topological polar surface area (TPSA) is 94.4 Å². The number of hydrogen-bond donors (Lipinski definition) is 2. The van der Waals surface area contributed by atoms with E-state index in [0.717, 1.165) is 0 Å². The monoisotopic (exact) mass is 358 g/mol. The van der Waals surface area contributed by atoms with Gasteiger partial charge in [0.25, 0.3) is 10.0 Å². The number of phenolic OH excluding ortho intramolecular Hbond substituents is 1. The van der Waals surface area contributed by atoms with Gasteiger partial charge in [-0.1, -0.05) is 25.4 Å². The first-order chi connectivity index (χ1) is 10.6. The maximum absolute atomic E-state index is 12.5. The fourth-order valence-electron chi connectivity index (χ4n) is 1.97. The van der Waals surface area contributed by atoms with Crippen LogP contribution >= 0.6 is 11.6 Å². The molecule has 0 saturated heterocycles. The molecule has 0 bridgehead atoms. The van der Waals surface area contributed by atoms with Crippen molar-refractivity contribution < 1.29 is 13.5 Å². The van der Waals surface area contributed by atoms with E-state index in [1.165, 1.54) is 23.2 Å². The summed E-state index contributed by atoms with van der Waals surface area (Å²) >= 11 is 5.78. The third kappa shape index (κ3) is 4.14. The Balaban J connectivity index is 2.27. The molecule has 0 spiro atoms. The number of phenols is 1. The molecule has 2 rings (SSSR count). The molecule has 2 N–H and O–H groups in total. The molecule has 0 unspecified atom stereocenters. The van der Waals surface area contributed by atoms with E-state index in [9.17, 15) is 13.5 Å². The van der Waals surface area contributed by atoms with Gasteiger partial charge >= 0.3 is 0 Å². The summed E-state index contributed by atoms with van der Waals surface area (Å²) in [6, 6.07) is 3.68. The highest BCUT2D eigenvalue weighted by Crippen LogP contribution is 2.26.